The van der Waals surface area contributed by atoms with E-state index in [1.54, 1.807) is 0 Å². The van der Waals surface area contributed by atoms with Crippen LogP contribution in [0.5, 0.6) is 0 Å². The minimum absolute atomic E-state index is 0.742. The Balaban J connectivity index is 6.21. The van der Waals surface area contributed by atoms with Crippen molar-refractivity contribution >= 4 is 66.3 Å². The molecule has 0 aliphatic heterocycles. The van der Waals surface area contributed by atoms with Gasteiger partial charge >= 0.3 is 151 Å². The Kier molecular flexibility index (Phi) is 7.60. The van der Waals surface area contributed by atoms with Crippen molar-refractivity contribution in [3.63, 3.8) is 0 Å². The Labute approximate surface area is 150 Å². The van der Waals surface area contributed by atoms with Crippen LogP contribution in [0.3, 0.4) is 0 Å². The van der Waals surface area contributed by atoms with Crippen LogP contribution in [0.4, 0.5) is 0 Å². The summed E-state index contributed by atoms with van der Waals surface area (Å²) in [4.78, 5) is 0. The quantitative estimate of drug-likeness (QED) is 0.334. The fourth-order valence-corrected chi connectivity index (χ4v) is 133. The van der Waals surface area contributed by atoms with Gasteiger partial charge in [-0.25, -0.2) is 0 Å². The summed E-state index contributed by atoms with van der Waals surface area (Å²) in [5.41, 5.74) is 0. The number of hydrogen-bond acceptors (Lipinski definition) is 0. The third-order valence-corrected chi connectivity index (χ3v) is 83.5. The van der Waals surface area contributed by atoms with Gasteiger partial charge in [0.05, 0.1) is 0 Å². The molecule has 0 amide bonds. The second-order valence-electron chi connectivity index (χ2n) is 11.0. The second kappa shape index (κ2) is 6.87. The normalized spacial score (nSPS) is 16.0. The molecule has 0 aromatic rings. The Morgan fingerprint density at radius 1 is 0.476 bits per heavy atom. The van der Waals surface area contributed by atoms with Crippen LogP contribution >= 0.6 is 17.8 Å². The van der Waals surface area contributed by atoms with E-state index in [0.717, 1.165) is 6.36 Å². The van der Waals surface area contributed by atoms with Gasteiger partial charge in [-0.2, -0.15) is 0 Å². The van der Waals surface area contributed by atoms with Crippen LogP contribution in [0.25, 0.3) is 0 Å². The van der Waals surface area contributed by atoms with Crippen molar-refractivity contribution in [1.82, 2.24) is 0 Å². The molecule has 0 unspecified atom stereocenters. The molecule has 0 saturated heterocycles. The second-order valence-corrected chi connectivity index (χ2v) is 56.8. The summed E-state index contributed by atoms with van der Waals surface area (Å²) in [6.07, 6.45) is 0. The van der Waals surface area contributed by atoms with Crippen molar-refractivity contribution in [2.75, 3.05) is 0 Å². The van der Waals surface area contributed by atoms with Crippen LogP contribution in [0, 0.1) is 0 Å². The van der Waals surface area contributed by atoms with Crippen molar-refractivity contribution in [2.45, 2.75) is 84.9 Å². The molecule has 0 aromatic heterocycles. The molecule has 0 aliphatic carbocycles. The van der Waals surface area contributed by atoms with Gasteiger partial charge in [0, 0.05) is 0 Å². The van der Waals surface area contributed by atoms with Crippen molar-refractivity contribution in [3.8, 4) is 0 Å². The molecule has 0 aliphatic rings. The zero-order chi connectivity index (χ0) is 17.7. The van der Waals surface area contributed by atoms with Crippen molar-refractivity contribution in [3.05, 3.63) is 0 Å². The van der Waals surface area contributed by atoms with Gasteiger partial charge in [-0.3, -0.25) is 0 Å². The summed E-state index contributed by atoms with van der Waals surface area (Å²) in [5, 5.41) is 0. The molecule has 0 atom stereocenters. The molecule has 0 spiro atoms. The van der Waals surface area contributed by atoms with Gasteiger partial charge in [0.1, 0.15) is 0 Å². The van der Waals surface area contributed by atoms with Gasteiger partial charge < -0.3 is 0 Å². The molecule has 0 fully saturated rings. The first-order chi connectivity index (χ1) is 8.73. The molecule has 0 rings (SSSR count). The van der Waals surface area contributed by atoms with E-state index >= 15 is 0 Å². The first-order valence-corrected chi connectivity index (χ1v) is 32.9. The molecule has 128 valence electrons. The molecule has 0 radical (unpaired) electrons. The van der Waals surface area contributed by atoms with Crippen molar-refractivity contribution < 1.29 is 0 Å². The SMILES string of the molecule is C[Si](C)(C)[CH]([Si](C)(C)C)[Sn]([Cl])([Cl])[CH]([Si](C)(C)C)[Si](C)(C)C. The van der Waals surface area contributed by atoms with Crippen LogP contribution in [-0.4, -0.2) is 48.4 Å². The molecule has 0 nitrogen and oxygen atoms in total. The Morgan fingerprint density at radius 3 is 0.714 bits per heavy atom. The average molecular weight is 508 g/mol. The number of rotatable bonds is 6. The Hall–Kier alpha value is 2.25. The summed E-state index contributed by atoms with van der Waals surface area (Å²) in [6, 6.07) is 0. The van der Waals surface area contributed by atoms with E-state index in [2.05, 4.69) is 78.6 Å². The summed E-state index contributed by atoms with van der Waals surface area (Å²) in [5.74, 6) is 0. The van der Waals surface area contributed by atoms with Gasteiger partial charge in [0.25, 0.3) is 0 Å². The van der Waals surface area contributed by atoms with E-state index in [9.17, 15) is 0 Å². The molecule has 0 saturated carbocycles. The van der Waals surface area contributed by atoms with E-state index in [0.29, 0.717) is 0 Å². The summed E-state index contributed by atoms with van der Waals surface area (Å²) >= 11 is -3.22. The van der Waals surface area contributed by atoms with Gasteiger partial charge in [-0.05, 0) is 0 Å². The van der Waals surface area contributed by atoms with E-state index in [1.807, 2.05) is 0 Å². The Morgan fingerprint density at radius 2 is 0.619 bits per heavy atom. The topological polar surface area (TPSA) is 0 Å². The molecule has 7 heteroatoms. The van der Waals surface area contributed by atoms with E-state index in [1.165, 1.54) is 0 Å². The molecule has 21 heavy (non-hydrogen) atoms. The summed E-state index contributed by atoms with van der Waals surface area (Å²) < 4.78 is 1.48. The zero-order valence-electron chi connectivity index (χ0n) is 16.4. The predicted octanol–water partition coefficient (Wildman–Crippen LogP) is 7.16. The molecule has 0 N–H and O–H groups in total. The van der Waals surface area contributed by atoms with Crippen LogP contribution in [0.1, 0.15) is 0 Å². The van der Waals surface area contributed by atoms with Crippen LogP contribution in [0.15, 0.2) is 0 Å². The van der Waals surface area contributed by atoms with Gasteiger partial charge in [-0.15, -0.1) is 0 Å². The molecule has 0 heterocycles. The third-order valence-electron chi connectivity index (χ3n) is 4.23. The zero-order valence-corrected chi connectivity index (χ0v) is 24.8. The first-order valence-electron chi connectivity index (χ1n) is 8.11. The first kappa shape index (κ1) is 23.2. The van der Waals surface area contributed by atoms with E-state index < -0.39 is 48.4 Å². The standard InChI is InChI=1S/2C7H19Si2.2ClH.Sn/c2*1-8(2,3)7-9(4,5)6;;;/h2*7H,1-6H3;2*1H;/q;;;;+2/p-2. The minimum atomic E-state index is -3.22. The monoisotopic (exact) mass is 508 g/mol. The fourth-order valence-electron chi connectivity index (χ4n) is 5.07. The fraction of sp³-hybridized carbons (Fsp3) is 1.00. The average Bonchev–Trinajstić information content (AvgIpc) is 1.84. The van der Waals surface area contributed by atoms with Crippen molar-refractivity contribution in [2.24, 2.45) is 0 Å². The van der Waals surface area contributed by atoms with E-state index in [-0.39, 0.29) is 0 Å². The molecule has 0 aromatic carbocycles. The van der Waals surface area contributed by atoms with Crippen LogP contribution in [0.2, 0.25) is 84.9 Å². The number of hydrogen-bond donors (Lipinski definition) is 0. The van der Waals surface area contributed by atoms with Crippen molar-refractivity contribution in [1.29, 1.82) is 0 Å². The summed E-state index contributed by atoms with van der Waals surface area (Å²) in [6.45, 7) is 30.1. The van der Waals surface area contributed by atoms with E-state index in [4.69, 9.17) is 17.8 Å². The van der Waals surface area contributed by atoms with Crippen LogP contribution < -0.4 is 0 Å². The molecular formula is C14H38Cl2Si4Sn. The predicted molar refractivity (Wildman–Crippen MR) is 118 cm³/mol. The molecule has 0 bridgehead atoms. The molecular weight excluding hydrogens is 470 g/mol. The van der Waals surface area contributed by atoms with Gasteiger partial charge in [-0.1, -0.05) is 0 Å². The Bertz CT molecular complexity index is 297. The van der Waals surface area contributed by atoms with Gasteiger partial charge in [0.2, 0.25) is 0 Å². The number of halogens is 2. The maximum atomic E-state index is 7.52. The summed E-state index contributed by atoms with van der Waals surface area (Å²) in [7, 11) is 9.67. The van der Waals surface area contributed by atoms with Gasteiger partial charge in [0.15, 0.2) is 0 Å². The maximum absolute atomic E-state index is 7.52. The third kappa shape index (κ3) is 6.23. The van der Waals surface area contributed by atoms with Crippen LogP contribution in [-0.2, 0) is 0 Å².